The van der Waals surface area contributed by atoms with Crippen molar-refractivity contribution in [1.29, 1.82) is 0 Å². The van der Waals surface area contributed by atoms with E-state index in [4.69, 9.17) is 4.74 Å². The van der Waals surface area contributed by atoms with Gasteiger partial charge in [0.1, 0.15) is 11.8 Å². The summed E-state index contributed by atoms with van der Waals surface area (Å²) in [6, 6.07) is 7.36. The van der Waals surface area contributed by atoms with E-state index in [9.17, 15) is 9.59 Å². The fourth-order valence-corrected chi connectivity index (χ4v) is 2.74. The Morgan fingerprint density at radius 3 is 2.71 bits per heavy atom. The highest BCUT2D eigenvalue weighted by Gasteiger charge is 2.36. The molecule has 5 nitrogen and oxygen atoms in total. The number of nitrogens with zero attached hydrogens (tertiary/aromatic N) is 1. The maximum absolute atomic E-state index is 12.1. The summed E-state index contributed by atoms with van der Waals surface area (Å²) >= 11 is 0. The lowest BCUT2D eigenvalue weighted by Crippen LogP contribution is -2.60. The molecule has 1 aliphatic rings. The predicted molar refractivity (Wildman–Crippen MR) is 80.0 cm³/mol. The number of para-hydroxylation sites is 1. The zero-order valence-corrected chi connectivity index (χ0v) is 12.8. The molecular weight excluding hydrogens is 268 g/mol. The summed E-state index contributed by atoms with van der Waals surface area (Å²) in [6.45, 7) is 4.53. The minimum atomic E-state index is -0.388. The van der Waals surface area contributed by atoms with Crippen molar-refractivity contribution in [2.45, 2.75) is 26.3 Å². The van der Waals surface area contributed by atoms with Crippen molar-refractivity contribution in [2.24, 2.45) is 5.92 Å². The van der Waals surface area contributed by atoms with Gasteiger partial charge in [0, 0.05) is 6.54 Å². The van der Waals surface area contributed by atoms with Crippen molar-refractivity contribution in [3.63, 3.8) is 0 Å². The van der Waals surface area contributed by atoms with Gasteiger partial charge in [-0.15, -0.1) is 0 Å². The number of piperazine rings is 1. The molecule has 1 unspecified atom stereocenters. The van der Waals surface area contributed by atoms with E-state index in [1.807, 2.05) is 38.1 Å². The van der Waals surface area contributed by atoms with E-state index >= 15 is 0 Å². The molecule has 21 heavy (non-hydrogen) atoms. The molecule has 0 radical (unpaired) electrons. The van der Waals surface area contributed by atoms with Crippen LogP contribution < -0.4 is 10.1 Å². The first-order valence-corrected chi connectivity index (χ1v) is 7.23. The van der Waals surface area contributed by atoms with Crippen LogP contribution in [0.4, 0.5) is 0 Å². The second kappa shape index (κ2) is 6.61. The molecule has 1 aromatic carbocycles. The lowest BCUT2D eigenvalue weighted by atomic mass is 9.98. The van der Waals surface area contributed by atoms with Crippen LogP contribution in [0.1, 0.15) is 19.4 Å². The summed E-state index contributed by atoms with van der Waals surface area (Å²) in [6.07, 6.45) is 0.673. The number of rotatable bonds is 5. The smallest absolute Gasteiger partial charge is 0.243 e. The normalized spacial score (nSPS) is 18.9. The summed E-state index contributed by atoms with van der Waals surface area (Å²) < 4.78 is 5.32. The zero-order valence-electron chi connectivity index (χ0n) is 12.8. The summed E-state index contributed by atoms with van der Waals surface area (Å²) in [5.41, 5.74) is 1.04. The van der Waals surface area contributed by atoms with Crippen LogP contribution in [-0.4, -0.2) is 43.0 Å². The van der Waals surface area contributed by atoms with Crippen LogP contribution in [0, 0.1) is 5.92 Å². The highest BCUT2D eigenvalue weighted by atomic mass is 16.5. The SMILES string of the molecule is COc1ccccc1CCN1C(=O)CNC(=O)C1C(C)C. The first kappa shape index (κ1) is 15.4. The molecule has 0 aromatic heterocycles. The fraction of sp³-hybridized carbons (Fsp3) is 0.500. The minimum absolute atomic E-state index is 0.0248. The number of hydrogen-bond donors (Lipinski definition) is 1. The maximum Gasteiger partial charge on any atom is 0.243 e. The molecule has 0 aliphatic carbocycles. The molecule has 1 fully saturated rings. The topological polar surface area (TPSA) is 58.6 Å². The van der Waals surface area contributed by atoms with Gasteiger partial charge in [0.2, 0.25) is 11.8 Å². The average molecular weight is 290 g/mol. The molecule has 1 saturated heterocycles. The number of benzene rings is 1. The van der Waals surface area contributed by atoms with Gasteiger partial charge in [0.05, 0.1) is 13.7 Å². The Bertz CT molecular complexity index is 528. The van der Waals surface area contributed by atoms with Gasteiger partial charge in [-0.3, -0.25) is 9.59 Å². The first-order chi connectivity index (χ1) is 10.0. The Morgan fingerprint density at radius 2 is 2.05 bits per heavy atom. The molecule has 1 aromatic rings. The van der Waals surface area contributed by atoms with E-state index in [0.717, 1.165) is 11.3 Å². The Morgan fingerprint density at radius 1 is 1.33 bits per heavy atom. The van der Waals surface area contributed by atoms with Gasteiger partial charge in [-0.05, 0) is 24.0 Å². The van der Waals surface area contributed by atoms with Crippen molar-refractivity contribution >= 4 is 11.8 Å². The third-order valence-corrected chi connectivity index (χ3v) is 3.78. The number of hydrogen-bond acceptors (Lipinski definition) is 3. The highest BCUT2D eigenvalue weighted by Crippen LogP contribution is 2.20. The third kappa shape index (κ3) is 3.35. The molecule has 0 spiro atoms. The van der Waals surface area contributed by atoms with Gasteiger partial charge in [-0.2, -0.15) is 0 Å². The zero-order chi connectivity index (χ0) is 15.4. The Kier molecular flexibility index (Phi) is 4.83. The van der Waals surface area contributed by atoms with Crippen LogP contribution in [0.5, 0.6) is 5.75 Å². The molecule has 5 heteroatoms. The predicted octanol–water partition coefficient (Wildman–Crippen LogP) is 1.22. The molecule has 2 amide bonds. The second-order valence-corrected chi connectivity index (χ2v) is 5.56. The van der Waals surface area contributed by atoms with Crippen LogP contribution >= 0.6 is 0 Å². The van der Waals surface area contributed by atoms with E-state index < -0.39 is 0 Å². The molecule has 0 bridgehead atoms. The van der Waals surface area contributed by atoms with Crippen molar-refractivity contribution in [3.8, 4) is 5.75 Å². The monoisotopic (exact) mass is 290 g/mol. The van der Waals surface area contributed by atoms with E-state index in [1.165, 1.54) is 0 Å². The number of ether oxygens (including phenoxy) is 1. The van der Waals surface area contributed by atoms with E-state index in [-0.39, 0.29) is 30.3 Å². The van der Waals surface area contributed by atoms with Crippen LogP contribution in [0.3, 0.4) is 0 Å². The molecule has 0 saturated carbocycles. The number of carbonyl (C=O) groups is 2. The van der Waals surface area contributed by atoms with Crippen molar-refractivity contribution in [3.05, 3.63) is 29.8 Å². The molecule has 114 valence electrons. The second-order valence-electron chi connectivity index (χ2n) is 5.56. The highest BCUT2D eigenvalue weighted by molar-refractivity contribution is 5.94. The molecule has 2 rings (SSSR count). The van der Waals surface area contributed by atoms with Gasteiger partial charge in [-0.25, -0.2) is 0 Å². The molecule has 1 atom stereocenters. The lowest BCUT2D eigenvalue weighted by Gasteiger charge is -2.37. The molecule has 1 aliphatic heterocycles. The summed E-state index contributed by atoms with van der Waals surface area (Å²) in [7, 11) is 1.63. The van der Waals surface area contributed by atoms with Gasteiger partial charge >= 0.3 is 0 Å². The van der Waals surface area contributed by atoms with Crippen LogP contribution in [0.2, 0.25) is 0 Å². The first-order valence-electron chi connectivity index (χ1n) is 7.23. The van der Waals surface area contributed by atoms with Gasteiger partial charge in [0.25, 0.3) is 0 Å². The molecule has 1 N–H and O–H groups in total. The van der Waals surface area contributed by atoms with Crippen LogP contribution in [-0.2, 0) is 16.0 Å². The van der Waals surface area contributed by atoms with E-state index in [0.29, 0.717) is 13.0 Å². The van der Waals surface area contributed by atoms with Gasteiger partial charge in [-0.1, -0.05) is 32.0 Å². The largest absolute Gasteiger partial charge is 0.496 e. The lowest BCUT2D eigenvalue weighted by molar-refractivity contribution is -0.147. The molecular formula is C16H22N2O3. The van der Waals surface area contributed by atoms with Crippen molar-refractivity contribution < 1.29 is 14.3 Å². The summed E-state index contributed by atoms with van der Waals surface area (Å²) in [5, 5.41) is 2.66. The van der Waals surface area contributed by atoms with Crippen molar-refractivity contribution in [2.75, 3.05) is 20.2 Å². The van der Waals surface area contributed by atoms with E-state index in [1.54, 1.807) is 12.0 Å². The summed E-state index contributed by atoms with van der Waals surface area (Å²) in [5.74, 6) is 0.812. The Balaban J connectivity index is 2.12. The van der Waals surface area contributed by atoms with Crippen molar-refractivity contribution in [1.82, 2.24) is 10.2 Å². The maximum atomic E-state index is 12.1. The standard InChI is InChI=1S/C16H22N2O3/c1-11(2)15-16(20)17-10-14(19)18(15)9-8-12-6-4-5-7-13(12)21-3/h4-7,11,15H,8-10H2,1-3H3,(H,17,20). The quantitative estimate of drug-likeness (QED) is 0.887. The Labute approximate surface area is 125 Å². The number of carbonyl (C=O) groups excluding carboxylic acids is 2. The van der Waals surface area contributed by atoms with Crippen LogP contribution in [0.25, 0.3) is 0 Å². The average Bonchev–Trinajstić information content (AvgIpc) is 2.47. The third-order valence-electron chi connectivity index (χ3n) is 3.78. The number of methoxy groups -OCH3 is 1. The number of nitrogens with one attached hydrogen (secondary N) is 1. The van der Waals surface area contributed by atoms with E-state index in [2.05, 4.69) is 5.32 Å². The Hall–Kier alpha value is -2.04. The van der Waals surface area contributed by atoms with Crippen LogP contribution in [0.15, 0.2) is 24.3 Å². The summed E-state index contributed by atoms with van der Waals surface area (Å²) in [4.78, 5) is 25.8. The minimum Gasteiger partial charge on any atom is -0.496 e. The number of amides is 2. The fourth-order valence-electron chi connectivity index (χ4n) is 2.74. The van der Waals surface area contributed by atoms with Gasteiger partial charge in [0.15, 0.2) is 0 Å². The van der Waals surface area contributed by atoms with Gasteiger partial charge < -0.3 is 15.0 Å². The molecule has 1 heterocycles.